The Morgan fingerprint density at radius 3 is 2.85 bits per heavy atom. The standard InChI is InChI=1S/C19H25N3O3S2/c1-4-11(2)16(19(24)25-3)22-14(23)9-26-17-15-12-7-5-6-8-13(12)27-18(15)21-10-20-17/h10-11,16H,4-9H2,1-3H3,(H,22,23)/t11-,16-/m0/s1. The van der Waals surface area contributed by atoms with E-state index in [1.807, 2.05) is 13.8 Å². The molecule has 0 fully saturated rings. The Labute approximate surface area is 167 Å². The molecule has 2 atom stereocenters. The molecule has 1 amide bonds. The van der Waals surface area contributed by atoms with Gasteiger partial charge in [0.2, 0.25) is 5.91 Å². The summed E-state index contributed by atoms with van der Waals surface area (Å²) < 4.78 is 4.83. The summed E-state index contributed by atoms with van der Waals surface area (Å²) in [6, 6.07) is -0.618. The minimum atomic E-state index is -0.618. The van der Waals surface area contributed by atoms with Crippen LogP contribution >= 0.6 is 23.1 Å². The van der Waals surface area contributed by atoms with Crippen LogP contribution in [0.3, 0.4) is 0 Å². The highest BCUT2D eigenvalue weighted by atomic mass is 32.2. The number of nitrogens with one attached hydrogen (secondary N) is 1. The minimum absolute atomic E-state index is 0.0149. The number of ether oxygens (including phenoxy) is 1. The number of nitrogens with zero attached hydrogens (tertiary/aromatic N) is 2. The van der Waals surface area contributed by atoms with E-state index in [1.54, 1.807) is 17.7 Å². The quantitative estimate of drug-likeness (QED) is 0.431. The molecule has 3 rings (SSSR count). The second-order valence-electron chi connectivity index (χ2n) is 6.81. The lowest BCUT2D eigenvalue weighted by molar-refractivity contribution is -0.146. The first-order valence-electron chi connectivity index (χ1n) is 9.30. The maximum Gasteiger partial charge on any atom is 0.328 e. The SMILES string of the molecule is CC[C@H](C)[C@H](NC(=O)CSc1ncnc2sc3c(c12)CCCC3)C(=O)OC. The zero-order valence-corrected chi connectivity index (χ0v) is 17.5. The number of aryl methyl sites for hydroxylation is 2. The molecule has 0 saturated carbocycles. The Kier molecular flexibility index (Phi) is 6.70. The maximum absolute atomic E-state index is 12.5. The minimum Gasteiger partial charge on any atom is -0.467 e. The van der Waals surface area contributed by atoms with Crippen LogP contribution in [0.4, 0.5) is 0 Å². The summed E-state index contributed by atoms with van der Waals surface area (Å²) in [5.41, 5.74) is 1.36. The maximum atomic E-state index is 12.5. The fraction of sp³-hybridized carbons (Fsp3) is 0.579. The predicted molar refractivity (Wildman–Crippen MR) is 108 cm³/mol. The van der Waals surface area contributed by atoms with Crippen molar-refractivity contribution in [3.8, 4) is 0 Å². The van der Waals surface area contributed by atoms with Gasteiger partial charge in [-0.05, 0) is 37.2 Å². The molecule has 2 aromatic heterocycles. The van der Waals surface area contributed by atoms with Crippen LogP contribution in [0.1, 0.15) is 43.6 Å². The number of hydrogen-bond donors (Lipinski definition) is 1. The van der Waals surface area contributed by atoms with Crippen molar-refractivity contribution in [3.05, 3.63) is 16.8 Å². The highest BCUT2D eigenvalue weighted by Crippen LogP contribution is 2.39. The monoisotopic (exact) mass is 407 g/mol. The molecule has 1 aliphatic carbocycles. The van der Waals surface area contributed by atoms with Crippen molar-refractivity contribution < 1.29 is 14.3 Å². The Bertz CT molecular complexity index is 837. The third-order valence-corrected chi connectivity index (χ3v) is 7.23. The molecule has 0 spiro atoms. The third kappa shape index (κ3) is 4.43. The topological polar surface area (TPSA) is 81.2 Å². The molecule has 146 valence electrons. The number of carbonyl (C=O) groups excluding carboxylic acids is 2. The van der Waals surface area contributed by atoms with Gasteiger partial charge in [0.15, 0.2) is 0 Å². The fourth-order valence-electron chi connectivity index (χ4n) is 3.32. The van der Waals surface area contributed by atoms with E-state index in [-0.39, 0.29) is 17.6 Å². The first kappa shape index (κ1) is 20.1. The first-order chi connectivity index (χ1) is 13.0. The largest absolute Gasteiger partial charge is 0.467 e. The molecule has 6 nitrogen and oxygen atoms in total. The van der Waals surface area contributed by atoms with Gasteiger partial charge in [-0.2, -0.15) is 0 Å². The lowest BCUT2D eigenvalue weighted by atomic mass is 9.97. The molecule has 0 aromatic carbocycles. The zero-order valence-electron chi connectivity index (χ0n) is 15.9. The smallest absolute Gasteiger partial charge is 0.328 e. The number of thioether (sulfide) groups is 1. The van der Waals surface area contributed by atoms with Crippen LogP contribution < -0.4 is 5.32 Å². The average molecular weight is 408 g/mol. The van der Waals surface area contributed by atoms with E-state index >= 15 is 0 Å². The summed E-state index contributed by atoms with van der Waals surface area (Å²) in [6.07, 6.45) is 6.93. The Morgan fingerprint density at radius 2 is 2.11 bits per heavy atom. The van der Waals surface area contributed by atoms with Gasteiger partial charge >= 0.3 is 5.97 Å². The van der Waals surface area contributed by atoms with E-state index in [2.05, 4.69) is 15.3 Å². The number of amides is 1. The normalized spacial score (nSPS) is 15.8. The molecule has 0 aliphatic heterocycles. The van der Waals surface area contributed by atoms with Gasteiger partial charge in [0.05, 0.1) is 12.9 Å². The van der Waals surface area contributed by atoms with Crippen LogP contribution in [0.25, 0.3) is 10.2 Å². The first-order valence-corrected chi connectivity index (χ1v) is 11.1. The van der Waals surface area contributed by atoms with Gasteiger partial charge in [0.25, 0.3) is 0 Å². The Hall–Kier alpha value is -1.67. The van der Waals surface area contributed by atoms with E-state index in [4.69, 9.17) is 4.74 Å². The average Bonchev–Trinajstić information content (AvgIpc) is 3.08. The molecule has 2 heterocycles. The molecule has 8 heteroatoms. The van der Waals surface area contributed by atoms with Crippen molar-refractivity contribution in [2.75, 3.05) is 12.9 Å². The van der Waals surface area contributed by atoms with Gasteiger partial charge < -0.3 is 10.1 Å². The van der Waals surface area contributed by atoms with Crippen LogP contribution in [0, 0.1) is 5.92 Å². The molecule has 0 radical (unpaired) electrons. The summed E-state index contributed by atoms with van der Waals surface area (Å²) >= 11 is 3.15. The second-order valence-corrected chi connectivity index (χ2v) is 8.86. The van der Waals surface area contributed by atoms with Gasteiger partial charge in [-0.3, -0.25) is 4.79 Å². The third-order valence-electron chi connectivity index (χ3n) is 5.04. The van der Waals surface area contributed by atoms with Gasteiger partial charge in [0, 0.05) is 10.3 Å². The summed E-state index contributed by atoms with van der Waals surface area (Å²) in [5.74, 6) is -0.368. The molecule has 0 saturated heterocycles. The van der Waals surface area contributed by atoms with Crippen molar-refractivity contribution in [2.24, 2.45) is 5.92 Å². The van der Waals surface area contributed by atoms with E-state index in [9.17, 15) is 9.59 Å². The van der Waals surface area contributed by atoms with Crippen LogP contribution in [-0.2, 0) is 27.2 Å². The molecule has 0 bridgehead atoms. The van der Waals surface area contributed by atoms with Crippen molar-refractivity contribution >= 4 is 45.2 Å². The highest BCUT2D eigenvalue weighted by molar-refractivity contribution is 8.00. The van der Waals surface area contributed by atoms with Gasteiger partial charge in [-0.25, -0.2) is 14.8 Å². The summed E-state index contributed by atoms with van der Waals surface area (Å²) in [5, 5.41) is 4.78. The van der Waals surface area contributed by atoms with E-state index < -0.39 is 12.0 Å². The lowest BCUT2D eigenvalue weighted by Gasteiger charge is -2.21. The number of hydrogen-bond acceptors (Lipinski definition) is 7. The van der Waals surface area contributed by atoms with Crippen LogP contribution in [0.5, 0.6) is 0 Å². The zero-order chi connectivity index (χ0) is 19.4. The van der Waals surface area contributed by atoms with E-state index in [0.29, 0.717) is 0 Å². The van der Waals surface area contributed by atoms with E-state index in [0.717, 1.165) is 34.5 Å². The van der Waals surface area contributed by atoms with Crippen LogP contribution in [0.2, 0.25) is 0 Å². The number of methoxy groups -OCH3 is 1. The Morgan fingerprint density at radius 1 is 1.33 bits per heavy atom. The number of esters is 1. The van der Waals surface area contributed by atoms with Crippen molar-refractivity contribution in [1.82, 2.24) is 15.3 Å². The number of aromatic nitrogens is 2. The number of carbonyl (C=O) groups is 2. The van der Waals surface area contributed by atoms with Crippen molar-refractivity contribution in [2.45, 2.75) is 57.0 Å². The van der Waals surface area contributed by atoms with Crippen LogP contribution in [-0.4, -0.2) is 40.7 Å². The predicted octanol–water partition coefficient (Wildman–Crippen LogP) is 3.37. The lowest BCUT2D eigenvalue weighted by Crippen LogP contribution is -2.46. The summed E-state index contributed by atoms with van der Waals surface area (Å²) in [6.45, 7) is 3.92. The van der Waals surface area contributed by atoms with Crippen molar-refractivity contribution in [3.63, 3.8) is 0 Å². The molecule has 0 unspecified atom stereocenters. The molecular weight excluding hydrogens is 382 g/mol. The second kappa shape index (κ2) is 9.01. The molecule has 1 N–H and O–H groups in total. The van der Waals surface area contributed by atoms with Gasteiger partial charge in [-0.15, -0.1) is 11.3 Å². The van der Waals surface area contributed by atoms with Gasteiger partial charge in [-0.1, -0.05) is 32.0 Å². The Balaban J connectivity index is 1.72. The molecule has 27 heavy (non-hydrogen) atoms. The fourth-order valence-corrected chi connectivity index (χ4v) is 5.45. The molecule has 1 aliphatic rings. The van der Waals surface area contributed by atoms with Crippen LogP contribution in [0.15, 0.2) is 11.4 Å². The number of fused-ring (bicyclic) bond motifs is 3. The van der Waals surface area contributed by atoms with Gasteiger partial charge in [0.1, 0.15) is 22.2 Å². The highest BCUT2D eigenvalue weighted by Gasteiger charge is 2.27. The van der Waals surface area contributed by atoms with E-state index in [1.165, 1.54) is 42.2 Å². The molecule has 2 aromatic rings. The summed E-state index contributed by atoms with van der Waals surface area (Å²) in [7, 11) is 1.34. The van der Waals surface area contributed by atoms with Crippen molar-refractivity contribution in [1.29, 1.82) is 0 Å². The number of rotatable bonds is 7. The number of thiophene rings is 1. The summed E-state index contributed by atoms with van der Waals surface area (Å²) in [4.78, 5) is 35.7. The molecular formula is C19H25N3O3S2.